The van der Waals surface area contributed by atoms with Crippen LogP contribution in [0.2, 0.25) is 10.0 Å². The molecule has 4 nitrogen and oxygen atoms in total. The van der Waals surface area contributed by atoms with Gasteiger partial charge in [-0.2, -0.15) is 11.8 Å². The van der Waals surface area contributed by atoms with Gasteiger partial charge in [0.1, 0.15) is 17.7 Å². The van der Waals surface area contributed by atoms with Crippen LogP contribution >= 0.6 is 35.0 Å². The Bertz CT molecular complexity index is 899. The van der Waals surface area contributed by atoms with Crippen LogP contribution in [-0.2, 0) is 4.79 Å². The molecule has 0 aliphatic heterocycles. The van der Waals surface area contributed by atoms with Crippen molar-refractivity contribution in [2.45, 2.75) is 25.4 Å². The molecule has 0 saturated heterocycles. The SMILES string of the molecule is CSCCC(NC(=O)c1ccc(Cl)cc1Cl)C(=O)NC(C)c1ccc(F)cc1F. The van der Waals surface area contributed by atoms with Crippen molar-refractivity contribution in [3.63, 3.8) is 0 Å². The van der Waals surface area contributed by atoms with Gasteiger partial charge in [-0.3, -0.25) is 9.59 Å². The largest absolute Gasteiger partial charge is 0.348 e. The fourth-order valence-corrected chi connectivity index (χ4v) is 3.62. The fraction of sp³-hybridized carbons (Fsp3) is 0.300. The van der Waals surface area contributed by atoms with Gasteiger partial charge in [-0.25, -0.2) is 8.78 Å². The molecular formula is C20H20Cl2F2N2O2S. The first-order valence-electron chi connectivity index (χ1n) is 8.73. The van der Waals surface area contributed by atoms with E-state index in [0.717, 1.165) is 12.1 Å². The van der Waals surface area contributed by atoms with Gasteiger partial charge in [-0.1, -0.05) is 29.3 Å². The minimum absolute atomic E-state index is 0.149. The predicted octanol–water partition coefficient (Wildman–Crippen LogP) is 5.00. The first-order valence-corrected chi connectivity index (χ1v) is 10.9. The first kappa shape index (κ1) is 23.4. The Balaban J connectivity index is 2.13. The van der Waals surface area contributed by atoms with Crippen LogP contribution in [0.15, 0.2) is 36.4 Å². The lowest BCUT2D eigenvalue weighted by Crippen LogP contribution is -2.47. The molecule has 2 aromatic carbocycles. The number of nitrogens with one attached hydrogen (secondary N) is 2. The highest BCUT2D eigenvalue weighted by atomic mass is 35.5. The van der Waals surface area contributed by atoms with Crippen molar-refractivity contribution >= 4 is 46.8 Å². The highest BCUT2D eigenvalue weighted by Gasteiger charge is 2.24. The summed E-state index contributed by atoms with van der Waals surface area (Å²) in [5.74, 6) is -1.83. The van der Waals surface area contributed by atoms with Crippen LogP contribution in [0, 0.1) is 11.6 Å². The zero-order valence-electron chi connectivity index (χ0n) is 15.8. The van der Waals surface area contributed by atoms with Crippen molar-refractivity contribution in [3.8, 4) is 0 Å². The Labute approximate surface area is 182 Å². The van der Waals surface area contributed by atoms with Crippen LogP contribution in [0.5, 0.6) is 0 Å². The van der Waals surface area contributed by atoms with Crippen LogP contribution in [0.4, 0.5) is 8.78 Å². The van der Waals surface area contributed by atoms with Gasteiger partial charge < -0.3 is 10.6 Å². The third kappa shape index (κ3) is 6.59. The number of hydrogen-bond acceptors (Lipinski definition) is 3. The van der Waals surface area contributed by atoms with Gasteiger partial charge in [0.25, 0.3) is 5.91 Å². The van der Waals surface area contributed by atoms with Gasteiger partial charge in [-0.05, 0) is 49.6 Å². The highest BCUT2D eigenvalue weighted by Crippen LogP contribution is 2.21. The van der Waals surface area contributed by atoms with Gasteiger partial charge in [0.15, 0.2) is 0 Å². The van der Waals surface area contributed by atoms with Crippen LogP contribution in [-0.4, -0.2) is 29.9 Å². The second kappa shape index (κ2) is 10.8. The second-order valence-electron chi connectivity index (χ2n) is 6.33. The molecule has 0 heterocycles. The average molecular weight is 461 g/mol. The lowest BCUT2D eigenvalue weighted by molar-refractivity contribution is -0.123. The normalized spacial score (nSPS) is 12.9. The van der Waals surface area contributed by atoms with Gasteiger partial charge in [0.2, 0.25) is 5.91 Å². The minimum Gasteiger partial charge on any atom is -0.348 e. The predicted molar refractivity (Wildman–Crippen MR) is 114 cm³/mol. The number of halogens is 4. The zero-order chi connectivity index (χ0) is 21.6. The Morgan fingerprint density at radius 2 is 1.83 bits per heavy atom. The summed E-state index contributed by atoms with van der Waals surface area (Å²) in [7, 11) is 0. The van der Waals surface area contributed by atoms with Crippen molar-refractivity contribution in [1.29, 1.82) is 0 Å². The molecule has 0 radical (unpaired) electrons. The molecule has 2 unspecified atom stereocenters. The first-order chi connectivity index (χ1) is 13.7. The summed E-state index contributed by atoms with van der Waals surface area (Å²) in [5, 5.41) is 5.88. The van der Waals surface area contributed by atoms with E-state index in [1.165, 1.54) is 36.0 Å². The van der Waals surface area contributed by atoms with E-state index in [1.54, 1.807) is 6.92 Å². The Kier molecular flexibility index (Phi) is 8.74. The second-order valence-corrected chi connectivity index (χ2v) is 8.16. The molecule has 0 aromatic heterocycles. The lowest BCUT2D eigenvalue weighted by atomic mass is 10.1. The third-order valence-electron chi connectivity index (χ3n) is 4.20. The number of carbonyl (C=O) groups excluding carboxylic acids is 2. The molecule has 9 heteroatoms. The number of carbonyl (C=O) groups is 2. The number of rotatable bonds is 8. The summed E-state index contributed by atoms with van der Waals surface area (Å²) in [5.41, 5.74) is 0.339. The van der Waals surface area contributed by atoms with Gasteiger partial charge >= 0.3 is 0 Å². The standard InChI is InChI=1S/C20H20Cl2F2N2O2S/c1-11(14-6-4-13(23)10-17(14)24)25-20(28)18(7-8-29-2)26-19(27)15-5-3-12(21)9-16(15)22/h3-6,9-11,18H,7-8H2,1-2H3,(H,25,28)(H,26,27). The van der Waals surface area contributed by atoms with Crippen molar-refractivity contribution in [2.75, 3.05) is 12.0 Å². The maximum Gasteiger partial charge on any atom is 0.253 e. The molecule has 0 fully saturated rings. The molecule has 0 saturated carbocycles. The molecule has 156 valence electrons. The molecule has 0 aliphatic rings. The monoisotopic (exact) mass is 460 g/mol. The summed E-state index contributed by atoms with van der Waals surface area (Å²) >= 11 is 13.4. The maximum atomic E-state index is 14.0. The molecule has 2 atom stereocenters. The average Bonchev–Trinajstić information content (AvgIpc) is 2.64. The molecular weight excluding hydrogens is 441 g/mol. The van der Waals surface area contributed by atoms with Crippen LogP contribution in [0.1, 0.15) is 35.3 Å². The van der Waals surface area contributed by atoms with E-state index >= 15 is 0 Å². The Morgan fingerprint density at radius 3 is 2.45 bits per heavy atom. The molecule has 0 bridgehead atoms. The minimum atomic E-state index is -0.854. The van der Waals surface area contributed by atoms with Crippen LogP contribution in [0.25, 0.3) is 0 Å². The number of benzene rings is 2. The highest BCUT2D eigenvalue weighted by molar-refractivity contribution is 7.98. The summed E-state index contributed by atoms with van der Waals surface area (Å²) in [6, 6.07) is 6.03. The number of thioether (sulfide) groups is 1. The van der Waals surface area contributed by atoms with Crippen molar-refractivity contribution < 1.29 is 18.4 Å². The van der Waals surface area contributed by atoms with E-state index in [4.69, 9.17) is 23.2 Å². The van der Waals surface area contributed by atoms with Crippen LogP contribution in [0.3, 0.4) is 0 Å². The Hall–Kier alpha value is -1.83. The van der Waals surface area contributed by atoms with E-state index in [0.29, 0.717) is 17.2 Å². The van der Waals surface area contributed by atoms with Gasteiger partial charge in [0.05, 0.1) is 16.6 Å². The molecule has 2 amide bonds. The molecule has 2 rings (SSSR count). The smallest absolute Gasteiger partial charge is 0.253 e. The van der Waals surface area contributed by atoms with E-state index in [2.05, 4.69) is 10.6 Å². The maximum absolute atomic E-state index is 14.0. The van der Waals surface area contributed by atoms with Crippen molar-refractivity contribution in [3.05, 3.63) is 69.2 Å². The van der Waals surface area contributed by atoms with Crippen molar-refractivity contribution in [1.82, 2.24) is 10.6 Å². The molecule has 0 spiro atoms. The van der Waals surface area contributed by atoms with Gasteiger partial charge in [-0.15, -0.1) is 0 Å². The summed E-state index contributed by atoms with van der Waals surface area (Å²) in [4.78, 5) is 25.3. The quantitative estimate of drug-likeness (QED) is 0.582. The molecule has 2 N–H and O–H groups in total. The van der Waals surface area contributed by atoms with Crippen molar-refractivity contribution in [2.24, 2.45) is 0 Å². The summed E-state index contributed by atoms with van der Waals surface area (Å²) in [6.45, 7) is 1.58. The van der Waals surface area contributed by atoms with E-state index in [-0.39, 0.29) is 16.1 Å². The van der Waals surface area contributed by atoms with E-state index < -0.39 is 35.5 Å². The number of hydrogen-bond donors (Lipinski definition) is 2. The van der Waals surface area contributed by atoms with Gasteiger partial charge in [0, 0.05) is 16.7 Å². The van der Waals surface area contributed by atoms with E-state index in [1.807, 2.05) is 6.26 Å². The zero-order valence-corrected chi connectivity index (χ0v) is 18.1. The molecule has 29 heavy (non-hydrogen) atoms. The lowest BCUT2D eigenvalue weighted by Gasteiger charge is -2.22. The van der Waals surface area contributed by atoms with Crippen LogP contribution < -0.4 is 10.6 Å². The molecule has 0 aliphatic carbocycles. The number of amides is 2. The summed E-state index contributed by atoms with van der Waals surface area (Å²) < 4.78 is 27.1. The third-order valence-corrected chi connectivity index (χ3v) is 5.39. The Morgan fingerprint density at radius 1 is 1.10 bits per heavy atom. The summed E-state index contributed by atoms with van der Waals surface area (Å²) in [6.07, 6.45) is 2.24. The van der Waals surface area contributed by atoms with E-state index in [9.17, 15) is 18.4 Å². The fourth-order valence-electron chi connectivity index (χ4n) is 2.66. The molecule has 2 aromatic rings. The topological polar surface area (TPSA) is 58.2 Å².